The van der Waals surface area contributed by atoms with Gasteiger partial charge in [-0.15, -0.1) is 0 Å². The van der Waals surface area contributed by atoms with Crippen LogP contribution in [-0.2, 0) is 10.1 Å². The quantitative estimate of drug-likeness (QED) is 0.0502. The summed E-state index contributed by atoms with van der Waals surface area (Å²) in [6, 6.07) is 53.2. The van der Waals surface area contributed by atoms with Gasteiger partial charge < -0.3 is 24.5 Å². The zero-order valence-electron chi connectivity index (χ0n) is 34.6. The lowest BCUT2D eigenvalue weighted by Gasteiger charge is -2.36. The topological polar surface area (TPSA) is 56.2 Å². The minimum atomic E-state index is -1.73. The highest BCUT2D eigenvalue weighted by Gasteiger charge is 2.35. The van der Waals surface area contributed by atoms with Crippen LogP contribution in [0.5, 0.6) is 0 Å². The first kappa shape index (κ1) is 44.2. The minimum absolute atomic E-state index is 0.284. The molecule has 0 saturated heterocycles. The van der Waals surface area contributed by atoms with E-state index in [4.69, 9.17) is 14.7 Å². The molecule has 0 aliphatic carbocycles. The molecule has 0 spiro atoms. The van der Waals surface area contributed by atoms with Gasteiger partial charge in [0.05, 0.1) is 0 Å². The van der Waals surface area contributed by atoms with Crippen LogP contribution in [-0.4, -0.2) is 73.0 Å². The van der Waals surface area contributed by atoms with E-state index in [0.29, 0.717) is 6.42 Å². The van der Waals surface area contributed by atoms with Crippen molar-refractivity contribution in [2.24, 2.45) is 0 Å². The van der Waals surface area contributed by atoms with Crippen LogP contribution < -0.4 is 0 Å². The van der Waals surface area contributed by atoms with Gasteiger partial charge in [0.1, 0.15) is 0 Å². The fraction of sp³-hybridized carbons (Fsp3) is 0.320. The molecule has 5 nitrogen and oxygen atoms in total. The largest absolute Gasteiger partial charge is 0.633 e. The van der Waals surface area contributed by atoms with Crippen molar-refractivity contribution in [1.82, 2.24) is 9.80 Å². The average molecular weight is 751 g/mol. The molecule has 0 aliphatic rings. The Balaban J connectivity index is 0.000000195. The molecule has 56 heavy (non-hydrogen) atoms. The van der Waals surface area contributed by atoms with Crippen LogP contribution in [0.3, 0.4) is 0 Å². The Morgan fingerprint density at radius 2 is 0.732 bits per heavy atom. The monoisotopic (exact) mass is 750 g/mol. The molecule has 0 atom stereocenters. The summed E-state index contributed by atoms with van der Waals surface area (Å²) in [5, 5.41) is 26.1. The molecule has 7 aromatic rings. The van der Waals surface area contributed by atoms with Gasteiger partial charge in [-0.1, -0.05) is 193 Å². The first-order chi connectivity index (χ1) is 27.4. The number of benzene rings is 7. The van der Waals surface area contributed by atoms with E-state index < -0.39 is 7.32 Å². The molecule has 0 bridgehead atoms. The number of hydrogen-bond donors (Lipinski definition) is 2. The van der Waals surface area contributed by atoms with Crippen LogP contribution in [0.4, 0.5) is 0 Å². The Labute approximate surface area is 337 Å². The van der Waals surface area contributed by atoms with Crippen molar-refractivity contribution in [1.29, 1.82) is 0 Å². The van der Waals surface area contributed by atoms with Gasteiger partial charge in [0.15, 0.2) is 0 Å². The lowest BCUT2D eigenvalue weighted by molar-refractivity contribution is 0.179. The molecule has 0 amide bonds. The fourth-order valence-electron chi connectivity index (χ4n) is 7.64. The second-order valence-electron chi connectivity index (χ2n) is 13.8. The van der Waals surface area contributed by atoms with Crippen molar-refractivity contribution >= 4 is 39.6 Å². The lowest BCUT2D eigenvalue weighted by atomic mass is 9.67. The Hall–Kier alpha value is -4.56. The Morgan fingerprint density at radius 1 is 0.429 bits per heavy atom. The Kier molecular flexibility index (Phi) is 18.5. The Morgan fingerprint density at radius 3 is 0.982 bits per heavy atom. The average Bonchev–Trinajstić information content (AvgIpc) is 3.26. The van der Waals surface area contributed by atoms with Crippen LogP contribution in [0.25, 0.3) is 32.3 Å². The number of hydrogen-bond acceptors (Lipinski definition) is 5. The van der Waals surface area contributed by atoms with E-state index in [2.05, 4.69) is 185 Å². The van der Waals surface area contributed by atoms with Crippen LogP contribution in [0.1, 0.15) is 71.1 Å². The van der Waals surface area contributed by atoms with E-state index in [1.165, 1.54) is 88.3 Å². The summed E-state index contributed by atoms with van der Waals surface area (Å²) in [6.07, 6.45) is 1.48. The van der Waals surface area contributed by atoms with E-state index >= 15 is 0 Å². The zero-order valence-corrected chi connectivity index (χ0v) is 34.6. The fourth-order valence-corrected chi connectivity index (χ4v) is 7.64. The zero-order chi connectivity index (χ0) is 40.2. The summed E-state index contributed by atoms with van der Waals surface area (Å²) in [5.41, 5.74) is 3.30. The van der Waals surface area contributed by atoms with E-state index in [-0.39, 0.29) is 12.0 Å². The molecule has 294 valence electrons. The van der Waals surface area contributed by atoms with Gasteiger partial charge in [0.2, 0.25) is 0 Å². The summed E-state index contributed by atoms with van der Waals surface area (Å²) in [4.78, 5) is 4.75. The summed E-state index contributed by atoms with van der Waals surface area (Å²) in [6.45, 7) is 20.5. The molecule has 0 radical (unpaired) electrons. The smallest absolute Gasteiger partial charge is 0.402 e. The van der Waals surface area contributed by atoms with Crippen LogP contribution in [0.15, 0.2) is 152 Å². The summed E-state index contributed by atoms with van der Waals surface area (Å²) in [7, 11) is -1.73. The second kappa shape index (κ2) is 23.5. The van der Waals surface area contributed by atoms with E-state index in [0.717, 1.165) is 6.42 Å². The number of nitrogens with zero attached hydrogens (tertiary/aromatic N) is 2. The van der Waals surface area contributed by atoms with Gasteiger partial charge in [-0.2, -0.15) is 0 Å². The molecule has 0 fully saturated rings. The van der Waals surface area contributed by atoms with Crippen molar-refractivity contribution < 1.29 is 14.7 Å². The predicted octanol–water partition coefficient (Wildman–Crippen LogP) is 11.1. The van der Waals surface area contributed by atoms with Gasteiger partial charge >= 0.3 is 7.32 Å². The molecule has 6 heteroatoms. The third-order valence-electron chi connectivity index (χ3n) is 10.8. The third-order valence-corrected chi connectivity index (χ3v) is 10.8. The molecule has 0 saturated carbocycles. The van der Waals surface area contributed by atoms with Gasteiger partial charge in [-0.05, 0) is 101 Å². The normalized spacial score (nSPS) is 11.2. The maximum absolute atomic E-state index is 8.97. The highest BCUT2D eigenvalue weighted by atomic mass is 16.6. The van der Waals surface area contributed by atoms with E-state index in [1.807, 2.05) is 18.2 Å². The predicted molar refractivity (Wildman–Crippen MR) is 242 cm³/mol. The van der Waals surface area contributed by atoms with Gasteiger partial charge in [-0.3, -0.25) is 0 Å². The molecule has 0 heterocycles. The molecule has 7 aromatic carbocycles. The molecule has 0 aromatic heterocycles. The molecular weight excluding hydrogens is 687 g/mol. The van der Waals surface area contributed by atoms with Crippen molar-refractivity contribution in [2.75, 3.05) is 45.9 Å². The molecule has 7 rings (SSSR count). The second-order valence-corrected chi connectivity index (χ2v) is 13.8. The standard InChI is InChI=1S/C22H23BO3.C16H10.2C6H15N/c24-23(25)26-18-10-17-22(19-11-4-1-5-12-19,20-13-6-2-7-14-20)21-15-8-3-9-16-21;1-3-11-7-9-13-5-2-6-14-10-8-12(4-1)15(11)16(13)14;2*1-4-7(5-2)6-3/h1-9,11-16,24-25H,10,17-18H2;1-10H;2*4-6H2,1-3H3. The highest BCUT2D eigenvalue weighted by molar-refractivity contribution is 6.32. The van der Waals surface area contributed by atoms with Crippen LogP contribution in [0, 0.1) is 0 Å². The maximum Gasteiger partial charge on any atom is 0.633 e. The SMILES string of the molecule is CCN(CC)CC.CCN(CC)CC.OB(O)OCCCC(c1ccccc1)(c1ccccc1)c1ccccc1.c1cc2ccc3cccc4ccc(c1)c2c34. The third kappa shape index (κ3) is 11.7. The van der Waals surface area contributed by atoms with Crippen molar-refractivity contribution in [3.05, 3.63) is 168 Å². The first-order valence-corrected chi connectivity index (χ1v) is 20.6. The highest BCUT2D eigenvalue weighted by Crippen LogP contribution is 2.43. The molecular formula is C50H63BN2O3. The van der Waals surface area contributed by atoms with E-state index in [1.54, 1.807) is 0 Å². The first-order valence-electron chi connectivity index (χ1n) is 20.6. The maximum atomic E-state index is 8.97. The Bertz CT molecular complexity index is 1820. The van der Waals surface area contributed by atoms with Gasteiger partial charge in [0, 0.05) is 12.0 Å². The van der Waals surface area contributed by atoms with Crippen LogP contribution in [0.2, 0.25) is 0 Å². The van der Waals surface area contributed by atoms with Crippen molar-refractivity contribution in [2.45, 2.75) is 59.8 Å². The molecule has 2 N–H and O–H groups in total. The summed E-state index contributed by atoms with van der Waals surface area (Å²) >= 11 is 0. The molecule has 0 aliphatic heterocycles. The van der Waals surface area contributed by atoms with Gasteiger partial charge in [0.25, 0.3) is 0 Å². The van der Waals surface area contributed by atoms with Crippen molar-refractivity contribution in [3.8, 4) is 0 Å². The summed E-state index contributed by atoms with van der Waals surface area (Å²) < 4.78 is 4.96. The summed E-state index contributed by atoms with van der Waals surface area (Å²) in [5.74, 6) is 0. The lowest BCUT2D eigenvalue weighted by Crippen LogP contribution is -2.30. The van der Waals surface area contributed by atoms with Crippen molar-refractivity contribution in [3.63, 3.8) is 0 Å². The molecule has 0 unspecified atom stereocenters. The number of rotatable bonds is 14. The van der Waals surface area contributed by atoms with Crippen LogP contribution >= 0.6 is 0 Å². The van der Waals surface area contributed by atoms with Gasteiger partial charge in [-0.25, -0.2) is 0 Å². The minimum Gasteiger partial charge on any atom is -0.402 e. The van der Waals surface area contributed by atoms with E-state index in [9.17, 15) is 0 Å².